The summed E-state index contributed by atoms with van der Waals surface area (Å²) in [7, 11) is 3.02. The van der Waals surface area contributed by atoms with E-state index in [9.17, 15) is 14.7 Å². The molecule has 3 aromatic carbocycles. The molecule has 0 saturated heterocycles. The molecule has 4 rings (SSSR count). The number of carboxylic acids is 1. The number of aryl methyl sites for hydroxylation is 1. The van der Waals surface area contributed by atoms with Crippen LogP contribution in [-0.4, -0.2) is 48.8 Å². The lowest BCUT2D eigenvalue weighted by atomic mass is 9.74. The molecule has 1 amide bonds. The molecule has 2 atom stereocenters. The Kier molecular flexibility index (Phi) is 6.96. The van der Waals surface area contributed by atoms with Crippen LogP contribution in [0.25, 0.3) is 0 Å². The number of carbonyl (C=O) groups is 2. The zero-order chi connectivity index (χ0) is 25.0. The number of benzene rings is 3. The van der Waals surface area contributed by atoms with Crippen molar-refractivity contribution in [2.45, 2.75) is 31.4 Å². The first-order valence-corrected chi connectivity index (χ1v) is 11.5. The third-order valence-electron chi connectivity index (χ3n) is 6.46. The zero-order valence-electron chi connectivity index (χ0n) is 20.1. The predicted octanol–water partition coefficient (Wildman–Crippen LogP) is 4.27. The van der Waals surface area contributed by atoms with Crippen molar-refractivity contribution in [3.05, 3.63) is 89.5 Å². The van der Waals surface area contributed by atoms with Crippen LogP contribution >= 0.6 is 0 Å². The van der Waals surface area contributed by atoms with Crippen LogP contribution in [0.3, 0.4) is 0 Å². The fourth-order valence-electron chi connectivity index (χ4n) is 5.00. The molecule has 0 spiro atoms. The molecule has 1 N–H and O–H groups in total. The molecule has 0 fully saturated rings. The van der Waals surface area contributed by atoms with E-state index in [2.05, 4.69) is 0 Å². The van der Waals surface area contributed by atoms with E-state index in [-0.39, 0.29) is 11.7 Å². The fourth-order valence-corrected chi connectivity index (χ4v) is 5.00. The Labute approximate surface area is 204 Å². The molecule has 0 bridgehead atoms. The first kappa shape index (κ1) is 24.1. The van der Waals surface area contributed by atoms with Gasteiger partial charge in [0.2, 0.25) is 12.0 Å². The highest BCUT2D eigenvalue weighted by Crippen LogP contribution is 2.45. The number of rotatable bonds is 7. The molecule has 1 aliphatic heterocycles. The Hall–Kier alpha value is -4.00. The summed E-state index contributed by atoms with van der Waals surface area (Å²) in [5, 5.41) is 10.7. The summed E-state index contributed by atoms with van der Waals surface area (Å²) in [6.45, 7) is 1.85. The maximum atomic E-state index is 13.2. The molecule has 7 nitrogen and oxygen atoms in total. The largest absolute Gasteiger partial charge is 0.496 e. The van der Waals surface area contributed by atoms with Crippen LogP contribution in [-0.2, 0) is 21.5 Å². The molecule has 0 aliphatic carbocycles. The van der Waals surface area contributed by atoms with Crippen LogP contribution in [0.5, 0.6) is 17.2 Å². The highest BCUT2D eigenvalue weighted by atomic mass is 16.5. The van der Waals surface area contributed by atoms with E-state index in [1.54, 1.807) is 23.1 Å². The lowest BCUT2D eigenvalue weighted by Crippen LogP contribution is -2.61. The number of ether oxygens (including phenoxy) is 3. The Morgan fingerprint density at radius 2 is 1.51 bits per heavy atom. The van der Waals surface area contributed by atoms with Crippen LogP contribution in [0.15, 0.2) is 72.8 Å². The molecular weight excluding hydrogens is 446 g/mol. The lowest BCUT2D eigenvalue weighted by molar-refractivity contribution is -0.156. The first-order chi connectivity index (χ1) is 16.9. The molecule has 1 heterocycles. The third kappa shape index (κ3) is 4.41. The van der Waals surface area contributed by atoms with Crippen molar-refractivity contribution in [2.75, 3.05) is 20.8 Å². The van der Waals surface area contributed by atoms with E-state index in [1.165, 1.54) is 21.1 Å². The summed E-state index contributed by atoms with van der Waals surface area (Å²) in [6, 6.07) is 21.8. The van der Waals surface area contributed by atoms with E-state index in [0.29, 0.717) is 36.4 Å². The minimum atomic E-state index is -1.47. The molecular formula is C28H29NO6. The van der Waals surface area contributed by atoms with Gasteiger partial charge in [0.1, 0.15) is 22.8 Å². The highest BCUT2D eigenvalue weighted by Gasteiger charge is 2.55. The lowest BCUT2D eigenvalue weighted by Gasteiger charge is -2.47. The number of carboxylic acid groups (broad SMARTS) is 1. The number of amides is 1. The second-order valence-electron chi connectivity index (χ2n) is 8.45. The second kappa shape index (κ2) is 10.1. The smallest absolute Gasteiger partial charge is 0.348 e. The number of fused-ring (bicyclic) bond motifs is 1. The van der Waals surface area contributed by atoms with Crippen LogP contribution in [0.4, 0.5) is 0 Å². The van der Waals surface area contributed by atoms with E-state index >= 15 is 0 Å². The summed E-state index contributed by atoms with van der Waals surface area (Å²) >= 11 is 0. The van der Waals surface area contributed by atoms with Gasteiger partial charge >= 0.3 is 5.97 Å². The summed E-state index contributed by atoms with van der Waals surface area (Å²) < 4.78 is 17.0. The van der Waals surface area contributed by atoms with Crippen molar-refractivity contribution in [3.63, 3.8) is 0 Å². The third-order valence-corrected chi connectivity index (χ3v) is 6.46. The zero-order valence-corrected chi connectivity index (χ0v) is 20.1. The van der Waals surface area contributed by atoms with Gasteiger partial charge in [-0.3, -0.25) is 4.79 Å². The average molecular weight is 476 g/mol. The molecule has 0 aromatic heterocycles. The van der Waals surface area contributed by atoms with Crippen molar-refractivity contribution < 1.29 is 28.9 Å². The Morgan fingerprint density at radius 3 is 2.11 bits per heavy atom. The van der Waals surface area contributed by atoms with Crippen molar-refractivity contribution in [1.82, 2.24) is 4.90 Å². The Bertz CT molecular complexity index is 1190. The second-order valence-corrected chi connectivity index (χ2v) is 8.45. The summed E-state index contributed by atoms with van der Waals surface area (Å²) in [4.78, 5) is 27.9. The maximum Gasteiger partial charge on any atom is 0.348 e. The topological polar surface area (TPSA) is 85.3 Å². The van der Waals surface area contributed by atoms with Gasteiger partial charge in [-0.25, -0.2) is 4.79 Å². The number of hydrogen-bond acceptors (Lipinski definition) is 5. The monoisotopic (exact) mass is 475 g/mol. The standard InChI is InChI=1S/C28H29NO6/c1-19(30)29-15-9-11-20-10-7-8-14-25(20)28(29,21-12-5-4-6-13-21)26(27(31)32)35-24-17-22(33-2)16-23(18-24)34-3/h4-8,10,12-14,16-18,26H,9,11,15H2,1-3H3,(H,31,32)/t26-,28+/m1/s1. The van der Waals surface area contributed by atoms with Gasteiger partial charge in [-0.1, -0.05) is 54.6 Å². The van der Waals surface area contributed by atoms with Gasteiger partial charge in [-0.05, 0) is 29.5 Å². The number of methoxy groups -OCH3 is 2. The SMILES string of the molecule is COc1cc(OC)cc(O[C@H](C(=O)O)[C@]2(c3ccccc3)c3ccccc3CCCN2C(C)=O)c1. The van der Waals surface area contributed by atoms with Crippen LogP contribution in [0.1, 0.15) is 30.0 Å². The van der Waals surface area contributed by atoms with Gasteiger partial charge in [0.25, 0.3) is 0 Å². The number of aliphatic carboxylic acids is 1. The van der Waals surface area contributed by atoms with Gasteiger partial charge in [-0.2, -0.15) is 0 Å². The average Bonchev–Trinajstić information content (AvgIpc) is 3.05. The fraction of sp³-hybridized carbons (Fsp3) is 0.286. The number of nitrogens with zero attached hydrogens (tertiary/aromatic N) is 1. The quantitative estimate of drug-likeness (QED) is 0.549. The molecule has 35 heavy (non-hydrogen) atoms. The molecule has 182 valence electrons. The number of carbonyl (C=O) groups excluding carboxylic acids is 1. The first-order valence-electron chi connectivity index (χ1n) is 11.5. The van der Waals surface area contributed by atoms with E-state index < -0.39 is 17.6 Å². The highest BCUT2D eigenvalue weighted by molar-refractivity contribution is 5.82. The Balaban J connectivity index is 2.03. The minimum absolute atomic E-state index is 0.233. The molecule has 7 heteroatoms. The molecule has 0 radical (unpaired) electrons. The molecule has 0 saturated carbocycles. The summed E-state index contributed by atoms with van der Waals surface area (Å²) in [6.07, 6.45) is -0.0527. The summed E-state index contributed by atoms with van der Waals surface area (Å²) in [5.74, 6) is -0.250. The van der Waals surface area contributed by atoms with Crippen molar-refractivity contribution in [3.8, 4) is 17.2 Å². The van der Waals surface area contributed by atoms with E-state index in [1.807, 2.05) is 54.6 Å². The predicted molar refractivity (Wildman–Crippen MR) is 131 cm³/mol. The molecule has 0 unspecified atom stereocenters. The van der Waals surface area contributed by atoms with Crippen LogP contribution in [0, 0.1) is 0 Å². The maximum absolute atomic E-state index is 13.2. The van der Waals surface area contributed by atoms with Crippen molar-refractivity contribution in [1.29, 1.82) is 0 Å². The van der Waals surface area contributed by atoms with Gasteiger partial charge < -0.3 is 24.2 Å². The van der Waals surface area contributed by atoms with E-state index in [0.717, 1.165) is 11.1 Å². The summed E-state index contributed by atoms with van der Waals surface area (Å²) in [5.41, 5.74) is 0.966. The van der Waals surface area contributed by atoms with Gasteiger partial charge in [0, 0.05) is 31.7 Å². The molecule has 3 aromatic rings. The van der Waals surface area contributed by atoms with Crippen LogP contribution in [0.2, 0.25) is 0 Å². The molecule has 1 aliphatic rings. The van der Waals surface area contributed by atoms with Gasteiger partial charge in [0.05, 0.1) is 14.2 Å². The van der Waals surface area contributed by atoms with Crippen LogP contribution < -0.4 is 14.2 Å². The minimum Gasteiger partial charge on any atom is -0.496 e. The van der Waals surface area contributed by atoms with Crippen molar-refractivity contribution in [2.24, 2.45) is 0 Å². The number of hydrogen-bond donors (Lipinski definition) is 1. The van der Waals surface area contributed by atoms with Crippen molar-refractivity contribution >= 4 is 11.9 Å². The van der Waals surface area contributed by atoms with Gasteiger partial charge in [-0.15, -0.1) is 0 Å². The Morgan fingerprint density at radius 1 is 0.914 bits per heavy atom. The van der Waals surface area contributed by atoms with Gasteiger partial charge in [0.15, 0.2) is 0 Å². The van der Waals surface area contributed by atoms with E-state index in [4.69, 9.17) is 14.2 Å². The normalized spacial score (nSPS) is 18.1.